The van der Waals surface area contributed by atoms with Gasteiger partial charge in [-0.3, -0.25) is 9.59 Å². The van der Waals surface area contributed by atoms with Gasteiger partial charge in [0.05, 0.1) is 45.7 Å². The second-order valence-electron chi connectivity index (χ2n) is 20.6. The quantitative estimate of drug-likeness (QED) is 0.0571. The van der Waals surface area contributed by atoms with Gasteiger partial charge in [0.1, 0.15) is 159 Å². The first-order valence-electron chi connectivity index (χ1n) is 25.9. The third kappa shape index (κ3) is 14.4. The van der Waals surface area contributed by atoms with Gasteiger partial charge in [0.25, 0.3) is 0 Å². The minimum Gasteiger partial charge on any atom is -0.394 e. The van der Waals surface area contributed by atoms with Crippen LogP contribution < -0.4 is 10.6 Å². The van der Waals surface area contributed by atoms with Gasteiger partial charge in [0.2, 0.25) is 11.8 Å². The predicted octanol–water partition coefficient (Wildman–Crippen LogP) is -14.3. The van der Waals surface area contributed by atoms with E-state index < -0.39 is 260 Å². The molecule has 34 atom stereocenters. The van der Waals surface area contributed by atoms with Crippen LogP contribution in [0.3, 0.4) is 0 Å². The van der Waals surface area contributed by atoms with Crippen LogP contribution in [0.5, 0.6) is 0 Å². The summed E-state index contributed by atoms with van der Waals surface area (Å²) in [5.74, 6) is -1.70. The number of hydrogen-bond donors (Lipinski definition) is 21. The molecule has 36 nitrogen and oxygen atoms in total. The van der Waals surface area contributed by atoms with Crippen molar-refractivity contribution in [2.75, 3.05) is 39.6 Å². The Morgan fingerprint density at radius 3 is 1.42 bits per heavy atom. The molecule has 0 bridgehead atoms. The van der Waals surface area contributed by atoms with Gasteiger partial charge >= 0.3 is 0 Å². The fourth-order valence-electron chi connectivity index (χ4n) is 10.3. The molecule has 0 spiro atoms. The molecule has 0 saturated carbocycles. The van der Waals surface area contributed by atoms with Crippen LogP contribution in [0, 0.1) is 0 Å². The van der Waals surface area contributed by atoms with E-state index in [0.717, 1.165) is 13.8 Å². The molecule has 0 aromatic rings. The summed E-state index contributed by atoms with van der Waals surface area (Å²) in [5.41, 5.74) is 0. The molecular weight excluding hydrogens is 1110 g/mol. The van der Waals surface area contributed by atoms with Crippen LogP contribution in [0.15, 0.2) is 0 Å². The highest BCUT2D eigenvalue weighted by Gasteiger charge is 2.59. The van der Waals surface area contributed by atoms with Crippen LogP contribution in [0.4, 0.5) is 0 Å². The molecule has 470 valence electrons. The summed E-state index contributed by atoms with van der Waals surface area (Å²) < 4.78 is 76.4. The van der Waals surface area contributed by atoms with Gasteiger partial charge in [-0.2, -0.15) is 0 Å². The van der Waals surface area contributed by atoms with Gasteiger partial charge in [0.15, 0.2) is 44.0 Å². The maximum absolute atomic E-state index is 13.0. The number of aliphatic hydroxyl groups excluding tert-OH is 19. The first-order chi connectivity index (χ1) is 38.3. The van der Waals surface area contributed by atoms with Crippen molar-refractivity contribution >= 4 is 11.8 Å². The van der Waals surface area contributed by atoms with Crippen molar-refractivity contribution in [3.63, 3.8) is 0 Å². The van der Waals surface area contributed by atoms with Crippen molar-refractivity contribution in [1.82, 2.24) is 10.6 Å². The topological polar surface area (TPSA) is 563 Å². The molecule has 7 aliphatic rings. The average molecular weight is 1190 g/mol. The zero-order chi connectivity index (χ0) is 59.6. The Labute approximate surface area is 459 Å². The maximum Gasteiger partial charge on any atom is 0.217 e. The van der Waals surface area contributed by atoms with Crippen molar-refractivity contribution in [2.45, 2.75) is 229 Å². The number of rotatable bonds is 19. The molecule has 2 amide bonds. The number of ether oxygens (including phenoxy) is 13. The van der Waals surface area contributed by atoms with Gasteiger partial charge in [-0.1, -0.05) is 0 Å². The van der Waals surface area contributed by atoms with Crippen molar-refractivity contribution in [1.29, 1.82) is 0 Å². The number of carbonyl (C=O) groups is 2. The number of aliphatic hydroxyl groups is 19. The zero-order valence-corrected chi connectivity index (χ0v) is 43.5. The van der Waals surface area contributed by atoms with Crippen LogP contribution in [0.2, 0.25) is 0 Å². The highest BCUT2D eigenvalue weighted by molar-refractivity contribution is 5.73. The lowest BCUT2D eigenvalue weighted by Gasteiger charge is -2.52. The molecule has 7 aliphatic heterocycles. The monoisotopic (exact) mass is 1190 g/mol. The summed E-state index contributed by atoms with van der Waals surface area (Å²) >= 11 is 0. The predicted molar refractivity (Wildman–Crippen MR) is 248 cm³/mol. The fourth-order valence-corrected chi connectivity index (χ4v) is 10.3. The average Bonchev–Trinajstić information content (AvgIpc) is 3.37. The van der Waals surface area contributed by atoms with Crippen molar-refractivity contribution in [3.8, 4) is 0 Å². The summed E-state index contributed by atoms with van der Waals surface area (Å²) in [6.07, 6.45) is -61.9. The van der Waals surface area contributed by atoms with E-state index in [2.05, 4.69) is 10.6 Å². The molecule has 7 fully saturated rings. The first-order valence-corrected chi connectivity index (χ1v) is 25.9. The molecule has 0 aromatic heterocycles. The van der Waals surface area contributed by atoms with Crippen molar-refractivity contribution in [3.05, 3.63) is 0 Å². The van der Waals surface area contributed by atoms with Gasteiger partial charge < -0.3 is 169 Å². The fraction of sp³-hybridized carbons (Fsp3) is 0.956. The van der Waals surface area contributed by atoms with Crippen LogP contribution in [-0.4, -0.2) is 357 Å². The zero-order valence-electron chi connectivity index (χ0n) is 43.5. The van der Waals surface area contributed by atoms with Crippen LogP contribution in [0.25, 0.3) is 0 Å². The number of carbonyl (C=O) groups excluding carboxylic acids is 2. The van der Waals surface area contributed by atoms with Crippen molar-refractivity contribution < 1.29 is 168 Å². The SMILES string of the molecule is CC(=O)NC1C(OC2C(CO)OC(O)C(NC(C)=O)C2OC2OC(C)C(O)C(O)C2O)OC(CO)C(OC2OC(COC3OC(CO)C(O)C(O)C3O)C(O)C(OC3OC(CO)C(O)C(O)C3O)C2OC2OCC(O)C(O)C2O)C1O. The number of nitrogens with one attached hydrogen (secondary N) is 2. The molecule has 0 radical (unpaired) electrons. The van der Waals surface area contributed by atoms with E-state index in [1.807, 2.05) is 0 Å². The van der Waals surface area contributed by atoms with Gasteiger partial charge in [0, 0.05) is 13.8 Å². The minimum atomic E-state index is -2.26. The van der Waals surface area contributed by atoms with E-state index in [-0.39, 0.29) is 0 Å². The van der Waals surface area contributed by atoms with E-state index in [1.165, 1.54) is 6.92 Å². The van der Waals surface area contributed by atoms with E-state index in [4.69, 9.17) is 61.6 Å². The first kappa shape index (κ1) is 66.2. The second-order valence-corrected chi connectivity index (χ2v) is 20.6. The highest BCUT2D eigenvalue weighted by Crippen LogP contribution is 2.38. The number of hydrogen-bond acceptors (Lipinski definition) is 34. The summed E-state index contributed by atoms with van der Waals surface area (Å²) in [4.78, 5) is 25.5. The lowest BCUT2D eigenvalue weighted by Crippen LogP contribution is -2.71. The summed E-state index contributed by atoms with van der Waals surface area (Å²) in [7, 11) is 0. The molecule has 0 aliphatic carbocycles. The number of amides is 2. The Morgan fingerprint density at radius 2 is 0.840 bits per heavy atom. The molecule has 7 rings (SSSR count). The largest absolute Gasteiger partial charge is 0.394 e. The Morgan fingerprint density at radius 1 is 0.395 bits per heavy atom. The molecular formula is C45H76N2O34. The summed E-state index contributed by atoms with van der Waals surface area (Å²) in [5, 5.41) is 210. The maximum atomic E-state index is 13.0. The molecule has 0 aromatic carbocycles. The smallest absolute Gasteiger partial charge is 0.217 e. The van der Waals surface area contributed by atoms with E-state index in [9.17, 15) is 107 Å². The van der Waals surface area contributed by atoms with Gasteiger partial charge in [-0.25, -0.2) is 0 Å². The van der Waals surface area contributed by atoms with Crippen molar-refractivity contribution in [2.24, 2.45) is 0 Å². The Bertz CT molecular complexity index is 1990. The third-order valence-electron chi connectivity index (χ3n) is 14.9. The normalized spacial score (nSPS) is 50.8. The lowest BCUT2D eigenvalue weighted by atomic mass is 9.93. The minimum absolute atomic E-state index is 0.710. The Hall–Kier alpha value is -2.34. The van der Waals surface area contributed by atoms with E-state index >= 15 is 0 Å². The molecule has 7 saturated heterocycles. The second kappa shape index (κ2) is 28.4. The molecule has 7 heterocycles. The molecule has 21 N–H and O–H groups in total. The molecule has 36 heteroatoms. The van der Waals surface area contributed by atoms with Crippen LogP contribution >= 0.6 is 0 Å². The Balaban J connectivity index is 1.25. The Kier molecular flexibility index (Phi) is 23.2. The highest BCUT2D eigenvalue weighted by atomic mass is 16.8. The van der Waals surface area contributed by atoms with E-state index in [1.54, 1.807) is 0 Å². The molecule has 34 unspecified atom stereocenters. The summed E-state index contributed by atoms with van der Waals surface area (Å²) in [6.45, 7) is -2.40. The molecule has 81 heavy (non-hydrogen) atoms. The van der Waals surface area contributed by atoms with Crippen LogP contribution in [-0.2, 0) is 71.2 Å². The lowest BCUT2D eigenvalue weighted by molar-refractivity contribution is -0.405. The van der Waals surface area contributed by atoms with E-state index in [0.29, 0.717) is 0 Å². The standard InChI is InChI=1S/C45H76N2O34/c1-10-21(55)27(61)32(66)43(71-10)79-36-20(47-12(3)53)39(68)72-17(7-51)35(36)78-40-19(46-11(2)52)26(60)34(16(6-50)75-40)77-45-38(81-42-30(64)22(56)13(54)8-69-42)37(80-44-33(67)29(63)24(58)15(5-49)74-44)25(59)18(76-45)9-70-41-31(65)28(62)23(57)14(4-48)73-41/h10,13-45,48-51,54-68H,4-9H2,1-3H3,(H,46,52)(H,47,53). The van der Waals surface area contributed by atoms with Gasteiger partial charge in [-0.05, 0) is 6.92 Å². The van der Waals surface area contributed by atoms with Crippen LogP contribution in [0.1, 0.15) is 20.8 Å². The summed E-state index contributed by atoms with van der Waals surface area (Å²) in [6, 6.07) is -3.57. The third-order valence-corrected chi connectivity index (χ3v) is 14.9. The van der Waals surface area contributed by atoms with Gasteiger partial charge in [-0.15, -0.1) is 0 Å².